The Bertz CT molecular complexity index is 1350. The highest BCUT2D eigenvalue weighted by atomic mass is 16.5. The van der Waals surface area contributed by atoms with Crippen LogP contribution < -0.4 is 28.4 Å². The molecule has 0 N–H and O–H groups in total. The summed E-state index contributed by atoms with van der Waals surface area (Å²) in [6, 6.07) is 14.9. The number of nitrogens with zero attached hydrogens (tertiary/aromatic N) is 1. The lowest BCUT2D eigenvalue weighted by molar-refractivity contribution is 0.0865. The fourth-order valence-electron chi connectivity index (χ4n) is 4.49. The van der Waals surface area contributed by atoms with E-state index < -0.39 is 0 Å². The van der Waals surface area contributed by atoms with Crippen LogP contribution in [-0.2, 0) is 13.1 Å². The first kappa shape index (κ1) is 23.6. The van der Waals surface area contributed by atoms with E-state index in [1.807, 2.05) is 30.3 Å². The summed E-state index contributed by atoms with van der Waals surface area (Å²) in [7, 11) is 6.32. The summed E-state index contributed by atoms with van der Waals surface area (Å²) in [4.78, 5) is 15.4. The van der Waals surface area contributed by atoms with E-state index in [9.17, 15) is 4.79 Å². The quantitative estimate of drug-likeness (QED) is 0.443. The highest BCUT2D eigenvalue weighted by Crippen LogP contribution is 2.43. The second kappa shape index (κ2) is 9.83. The van der Waals surface area contributed by atoms with Gasteiger partial charge in [-0.1, -0.05) is 18.2 Å². The van der Waals surface area contributed by atoms with Gasteiger partial charge in [0.1, 0.15) is 29.7 Å². The lowest BCUT2D eigenvalue weighted by atomic mass is 10.0. The third-order valence-corrected chi connectivity index (χ3v) is 6.29. The van der Waals surface area contributed by atoms with E-state index in [0.29, 0.717) is 59.7 Å². The van der Waals surface area contributed by atoms with E-state index in [1.54, 1.807) is 52.7 Å². The van der Waals surface area contributed by atoms with Crippen LogP contribution in [0.3, 0.4) is 0 Å². The van der Waals surface area contributed by atoms with Crippen molar-refractivity contribution in [3.63, 3.8) is 0 Å². The Morgan fingerprint density at radius 2 is 1.61 bits per heavy atom. The molecule has 3 aromatic carbocycles. The molecule has 0 saturated carbocycles. The van der Waals surface area contributed by atoms with Crippen LogP contribution in [-0.4, -0.2) is 45.9 Å². The molecule has 0 bridgehead atoms. The van der Waals surface area contributed by atoms with Crippen molar-refractivity contribution >= 4 is 11.9 Å². The number of methoxy groups -OCH3 is 4. The molecule has 0 amide bonds. The van der Waals surface area contributed by atoms with Gasteiger partial charge in [0.15, 0.2) is 17.3 Å². The third kappa shape index (κ3) is 4.20. The molecule has 2 aliphatic heterocycles. The normalized spacial score (nSPS) is 15.6. The van der Waals surface area contributed by atoms with Crippen molar-refractivity contribution < 1.29 is 33.2 Å². The molecule has 36 heavy (non-hydrogen) atoms. The summed E-state index contributed by atoms with van der Waals surface area (Å²) >= 11 is 0. The van der Waals surface area contributed by atoms with Crippen LogP contribution in [0.4, 0.5) is 0 Å². The SMILES string of the molecule is COc1cc(OC)c(OC)cc1/C=C1\Oc2c(ccc3c2CN(Cc2ccccc2OC)CO3)C1=O. The van der Waals surface area contributed by atoms with Crippen LogP contribution in [0.15, 0.2) is 54.3 Å². The zero-order valence-electron chi connectivity index (χ0n) is 20.6. The van der Waals surface area contributed by atoms with Crippen molar-refractivity contribution in [2.45, 2.75) is 13.1 Å². The summed E-state index contributed by atoms with van der Waals surface area (Å²) in [5.41, 5.74) is 3.03. The molecule has 0 saturated heterocycles. The topological polar surface area (TPSA) is 75.7 Å². The maximum Gasteiger partial charge on any atom is 0.231 e. The van der Waals surface area contributed by atoms with Crippen LogP contribution in [0.1, 0.15) is 27.0 Å². The van der Waals surface area contributed by atoms with E-state index >= 15 is 0 Å². The number of Topliss-reactive ketones (excluding diaryl/α,β-unsaturated/α-hetero) is 1. The van der Waals surface area contributed by atoms with E-state index in [4.69, 9.17) is 28.4 Å². The molecule has 0 unspecified atom stereocenters. The number of allylic oxidation sites excluding steroid dienone is 1. The van der Waals surface area contributed by atoms with Gasteiger partial charge < -0.3 is 28.4 Å². The van der Waals surface area contributed by atoms with Gasteiger partial charge in [-0.15, -0.1) is 0 Å². The minimum absolute atomic E-state index is 0.200. The molecule has 8 heteroatoms. The standard InChI is InChI=1S/C28H27NO7/c1-31-21-8-6-5-7-17(21)14-29-15-20-22(35-16-29)10-9-19-27(30)26(36-28(19)20)12-18-11-24(33-3)25(34-4)13-23(18)32-2/h5-13H,14-16H2,1-4H3/b26-12-. The number of hydrogen-bond donors (Lipinski definition) is 0. The number of rotatable bonds is 7. The molecule has 2 heterocycles. The van der Waals surface area contributed by atoms with Gasteiger partial charge >= 0.3 is 0 Å². The van der Waals surface area contributed by atoms with Crippen molar-refractivity contribution in [3.05, 3.63) is 76.5 Å². The van der Waals surface area contributed by atoms with Crippen LogP contribution in [0.2, 0.25) is 0 Å². The monoisotopic (exact) mass is 489 g/mol. The Balaban J connectivity index is 1.45. The number of hydrogen-bond acceptors (Lipinski definition) is 8. The fraction of sp³-hybridized carbons (Fsp3) is 0.250. The first-order valence-electron chi connectivity index (χ1n) is 11.4. The average molecular weight is 490 g/mol. The van der Waals surface area contributed by atoms with Crippen LogP contribution >= 0.6 is 0 Å². The highest BCUT2D eigenvalue weighted by molar-refractivity contribution is 6.15. The Morgan fingerprint density at radius 1 is 0.889 bits per heavy atom. The van der Waals surface area contributed by atoms with Crippen molar-refractivity contribution in [1.82, 2.24) is 4.90 Å². The third-order valence-electron chi connectivity index (χ3n) is 6.29. The van der Waals surface area contributed by atoms with Gasteiger partial charge in [-0.3, -0.25) is 9.69 Å². The molecule has 8 nitrogen and oxygen atoms in total. The molecule has 0 radical (unpaired) electrons. The predicted octanol–water partition coefficient (Wildman–Crippen LogP) is 4.69. The lowest BCUT2D eigenvalue weighted by Gasteiger charge is -2.30. The minimum atomic E-state index is -0.202. The van der Waals surface area contributed by atoms with E-state index in [-0.39, 0.29) is 11.5 Å². The first-order chi connectivity index (χ1) is 17.6. The molecule has 0 atom stereocenters. The summed E-state index contributed by atoms with van der Waals surface area (Å²) < 4.78 is 33.9. The van der Waals surface area contributed by atoms with E-state index in [1.165, 1.54) is 0 Å². The number of fused-ring (bicyclic) bond motifs is 3. The molecule has 3 aromatic rings. The maximum atomic E-state index is 13.3. The molecular weight excluding hydrogens is 462 g/mol. The Kier molecular flexibility index (Phi) is 6.43. The molecule has 0 fully saturated rings. The molecule has 5 rings (SSSR count). The highest BCUT2D eigenvalue weighted by Gasteiger charge is 2.34. The summed E-state index contributed by atoms with van der Waals surface area (Å²) in [5.74, 6) is 3.63. The average Bonchev–Trinajstić information content (AvgIpc) is 3.24. The van der Waals surface area contributed by atoms with Crippen molar-refractivity contribution in [2.75, 3.05) is 35.2 Å². The zero-order valence-corrected chi connectivity index (χ0v) is 20.6. The number of ether oxygens (including phenoxy) is 6. The summed E-state index contributed by atoms with van der Waals surface area (Å²) in [5, 5.41) is 0. The second-order valence-electron chi connectivity index (χ2n) is 8.38. The number of para-hydroxylation sites is 1. The van der Waals surface area contributed by atoms with Crippen LogP contribution in [0.5, 0.6) is 34.5 Å². The predicted molar refractivity (Wildman–Crippen MR) is 133 cm³/mol. The van der Waals surface area contributed by atoms with E-state index in [2.05, 4.69) is 4.90 Å². The smallest absolute Gasteiger partial charge is 0.231 e. The number of carbonyl (C=O) groups is 1. The van der Waals surface area contributed by atoms with Crippen molar-refractivity contribution in [1.29, 1.82) is 0 Å². The van der Waals surface area contributed by atoms with Crippen LogP contribution in [0.25, 0.3) is 6.08 Å². The lowest BCUT2D eigenvalue weighted by Crippen LogP contribution is -2.31. The maximum absolute atomic E-state index is 13.3. The number of benzene rings is 3. The molecule has 0 aromatic heterocycles. The molecule has 186 valence electrons. The Hall–Kier alpha value is -4.17. The minimum Gasteiger partial charge on any atom is -0.496 e. The molecular formula is C28H27NO7. The van der Waals surface area contributed by atoms with Gasteiger partial charge in [-0.05, 0) is 30.3 Å². The molecule has 0 aliphatic carbocycles. The Morgan fingerprint density at radius 3 is 2.36 bits per heavy atom. The summed E-state index contributed by atoms with van der Waals surface area (Å²) in [6.45, 7) is 1.62. The number of ketones is 1. The van der Waals surface area contributed by atoms with Gasteiger partial charge in [0.25, 0.3) is 0 Å². The Labute approximate surface area is 209 Å². The van der Waals surface area contributed by atoms with Gasteiger partial charge in [-0.25, -0.2) is 0 Å². The first-order valence-corrected chi connectivity index (χ1v) is 11.4. The number of carbonyl (C=O) groups excluding carboxylic acids is 1. The summed E-state index contributed by atoms with van der Waals surface area (Å²) in [6.07, 6.45) is 1.66. The van der Waals surface area contributed by atoms with Gasteiger partial charge in [0, 0.05) is 30.3 Å². The molecule has 2 aliphatic rings. The van der Waals surface area contributed by atoms with Crippen molar-refractivity contribution in [3.8, 4) is 34.5 Å². The largest absolute Gasteiger partial charge is 0.496 e. The zero-order chi connectivity index (χ0) is 25.2. The van der Waals surface area contributed by atoms with Gasteiger partial charge in [0.2, 0.25) is 5.78 Å². The van der Waals surface area contributed by atoms with Crippen molar-refractivity contribution in [2.24, 2.45) is 0 Å². The second-order valence-corrected chi connectivity index (χ2v) is 8.38. The molecule has 0 spiro atoms. The van der Waals surface area contributed by atoms with E-state index in [0.717, 1.165) is 16.9 Å². The fourth-order valence-corrected chi connectivity index (χ4v) is 4.49. The van der Waals surface area contributed by atoms with Gasteiger partial charge in [-0.2, -0.15) is 0 Å². The van der Waals surface area contributed by atoms with Crippen LogP contribution in [0, 0.1) is 0 Å². The van der Waals surface area contributed by atoms with Gasteiger partial charge in [0.05, 0.1) is 39.6 Å².